The van der Waals surface area contributed by atoms with Crippen molar-refractivity contribution < 1.29 is 32.6 Å². The van der Waals surface area contributed by atoms with Crippen LogP contribution in [0.5, 0.6) is 28.7 Å². The van der Waals surface area contributed by atoms with Crippen LogP contribution in [0.1, 0.15) is 50.3 Å². The van der Waals surface area contributed by atoms with Gasteiger partial charge in [-0.3, -0.25) is 0 Å². The van der Waals surface area contributed by atoms with Gasteiger partial charge in [-0.05, 0) is 122 Å². The Morgan fingerprint density at radius 2 is 1.09 bits per heavy atom. The SMILES string of the molecule is COc1ccc(CCC[Si](C)(C)O[Si](C)(C)CCCc2ccc(OC(=O)Oc3ccc(C(C)(C)C)cc3)c(OC)c2)cc1OC. The van der Waals surface area contributed by atoms with E-state index in [1.54, 1.807) is 39.5 Å². The van der Waals surface area contributed by atoms with Crippen molar-refractivity contribution in [2.45, 2.75) is 90.1 Å². The summed E-state index contributed by atoms with van der Waals surface area (Å²) in [5.41, 5.74) is 3.56. The van der Waals surface area contributed by atoms with Gasteiger partial charge in [0.2, 0.25) is 0 Å². The van der Waals surface area contributed by atoms with Crippen molar-refractivity contribution in [2.75, 3.05) is 21.3 Å². The molecule has 7 nitrogen and oxygen atoms in total. The first kappa shape index (κ1) is 36.2. The Kier molecular flexibility index (Phi) is 12.7. The van der Waals surface area contributed by atoms with E-state index in [2.05, 4.69) is 59.1 Å². The number of carbonyl (C=O) groups excluding carboxylic acids is 1. The zero-order valence-electron chi connectivity index (χ0n) is 28.9. The van der Waals surface area contributed by atoms with Gasteiger partial charge in [-0.15, -0.1) is 0 Å². The minimum atomic E-state index is -1.85. The minimum absolute atomic E-state index is 0.0199. The molecule has 45 heavy (non-hydrogen) atoms. The highest BCUT2D eigenvalue weighted by Gasteiger charge is 2.32. The van der Waals surface area contributed by atoms with E-state index in [0.717, 1.165) is 60.4 Å². The quantitative estimate of drug-likeness (QED) is 0.0920. The fraction of sp³-hybridized carbons (Fsp3) is 0.472. The predicted octanol–water partition coefficient (Wildman–Crippen LogP) is 9.58. The van der Waals surface area contributed by atoms with Gasteiger partial charge in [0.1, 0.15) is 5.75 Å². The summed E-state index contributed by atoms with van der Waals surface area (Å²) in [6, 6.07) is 21.5. The number of ether oxygens (including phenoxy) is 5. The lowest BCUT2D eigenvalue weighted by Gasteiger charge is -2.34. The molecule has 0 spiro atoms. The van der Waals surface area contributed by atoms with E-state index in [1.165, 1.54) is 5.56 Å². The molecule has 0 aromatic heterocycles. The molecule has 3 rings (SSSR count). The number of hydrogen-bond donors (Lipinski definition) is 0. The van der Waals surface area contributed by atoms with Gasteiger partial charge < -0.3 is 27.8 Å². The number of benzene rings is 3. The van der Waals surface area contributed by atoms with Crippen molar-refractivity contribution in [1.82, 2.24) is 0 Å². The van der Waals surface area contributed by atoms with E-state index >= 15 is 0 Å². The first-order valence-corrected chi connectivity index (χ1v) is 22.0. The third-order valence-corrected chi connectivity index (χ3v) is 15.4. The summed E-state index contributed by atoms with van der Waals surface area (Å²) in [6.07, 6.45) is 3.19. The van der Waals surface area contributed by atoms with Crippen LogP contribution in [0.3, 0.4) is 0 Å². The second kappa shape index (κ2) is 15.8. The van der Waals surface area contributed by atoms with E-state index in [4.69, 9.17) is 27.8 Å². The number of hydrogen-bond acceptors (Lipinski definition) is 7. The molecule has 0 heterocycles. The van der Waals surface area contributed by atoms with Crippen LogP contribution in [0, 0.1) is 0 Å². The lowest BCUT2D eigenvalue weighted by Crippen LogP contribution is -2.44. The van der Waals surface area contributed by atoms with Crippen LogP contribution in [0.15, 0.2) is 60.7 Å². The average Bonchev–Trinajstić information content (AvgIpc) is 2.96. The molecule has 0 aliphatic heterocycles. The smallest absolute Gasteiger partial charge is 0.493 e. The van der Waals surface area contributed by atoms with E-state index < -0.39 is 22.8 Å². The molecule has 0 unspecified atom stereocenters. The molecule has 0 amide bonds. The van der Waals surface area contributed by atoms with Crippen LogP contribution < -0.4 is 23.7 Å². The molecule has 0 atom stereocenters. The summed E-state index contributed by atoms with van der Waals surface area (Å²) in [6.45, 7) is 15.7. The summed E-state index contributed by atoms with van der Waals surface area (Å²) < 4.78 is 34.1. The maximum atomic E-state index is 12.5. The molecule has 0 bridgehead atoms. The molecular formula is C36H52O7Si2. The average molecular weight is 653 g/mol. The van der Waals surface area contributed by atoms with Crippen LogP contribution in [0.2, 0.25) is 38.3 Å². The van der Waals surface area contributed by atoms with E-state index in [1.807, 2.05) is 30.3 Å². The van der Waals surface area contributed by atoms with Crippen molar-refractivity contribution in [3.63, 3.8) is 0 Å². The van der Waals surface area contributed by atoms with Crippen LogP contribution in [-0.2, 0) is 22.4 Å². The highest BCUT2D eigenvalue weighted by atomic mass is 28.4. The largest absolute Gasteiger partial charge is 0.519 e. The van der Waals surface area contributed by atoms with Crippen LogP contribution >= 0.6 is 0 Å². The molecule has 0 fully saturated rings. The van der Waals surface area contributed by atoms with Gasteiger partial charge in [0.15, 0.2) is 39.6 Å². The summed E-state index contributed by atoms with van der Waals surface area (Å²) in [5, 5.41) is 0. The second-order valence-electron chi connectivity index (χ2n) is 13.7. The normalized spacial score (nSPS) is 12.0. The maximum Gasteiger partial charge on any atom is 0.519 e. The highest BCUT2D eigenvalue weighted by molar-refractivity contribution is 6.84. The van der Waals surface area contributed by atoms with E-state index in [-0.39, 0.29) is 5.41 Å². The monoisotopic (exact) mass is 652 g/mol. The Bertz CT molecular complexity index is 1400. The number of methoxy groups -OCH3 is 3. The van der Waals surface area contributed by atoms with Gasteiger partial charge in [0.25, 0.3) is 0 Å². The molecule has 9 heteroatoms. The van der Waals surface area contributed by atoms with E-state index in [0.29, 0.717) is 17.2 Å². The zero-order valence-corrected chi connectivity index (χ0v) is 30.9. The minimum Gasteiger partial charge on any atom is -0.493 e. The Morgan fingerprint density at radius 3 is 1.56 bits per heavy atom. The van der Waals surface area contributed by atoms with Crippen molar-refractivity contribution in [1.29, 1.82) is 0 Å². The van der Waals surface area contributed by atoms with Gasteiger partial charge in [0, 0.05) is 0 Å². The molecule has 246 valence electrons. The van der Waals surface area contributed by atoms with Crippen LogP contribution in [0.25, 0.3) is 0 Å². The number of carbonyl (C=O) groups is 1. The lowest BCUT2D eigenvalue weighted by molar-refractivity contribution is 0.150. The predicted molar refractivity (Wildman–Crippen MR) is 187 cm³/mol. The molecule has 3 aromatic carbocycles. The Balaban J connectivity index is 1.47. The maximum absolute atomic E-state index is 12.5. The summed E-state index contributed by atoms with van der Waals surface area (Å²) >= 11 is 0. The standard InChI is InChI=1S/C36H52O7Si2/c1-36(2,3)29-17-19-30(20-18-29)41-35(37)42-32-22-16-28(26-34(32)40-6)14-12-24-45(9,10)43-44(7,8)23-11-13-27-15-21-31(38-4)33(25-27)39-5/h15-22,25-26H,11-14,23-24H2,1-10H3. The van der Waals surface area contributed by atoms with Gasteiger partial charge in [0.05, 0.1) is 21.3 Å². The van der Waals surface area contributed by atoms with Crippen molar-refractivity contribution in [3.8, 4) is 28.7 Å². The first-order chi connectivity index (χ1) is 21.1. The first-order valence-electron chi connectivity index (χ1n) is 15.7. The third kappa shape index (κ3) is 11.5. The molecular weight excluding hydrogens is 601 g/mol. The zero-order chi connectivity index (χ0) is 33.3. The molecule has 0 radical (unpaired) electrons. The van der Waals surface area contributed by atoms with Gasteiger partial charge in [-0.1, -0.05) is 45.0 Å². The second-order valence-corrected chi connectivity index (χ2v) is 22.6. The molecule has 3 aromatic rings. The molecule has 0 saturated carbocycles. The number of aryl methyl sites for hydroxylation is 2. The topological polar surface area (TPSA) is 72.5 Å². The fourth-order valence-corrected chi connectivity index (χ4v) is 14.4. The van der Waals surface area contributed by atoms with Crippen molar-refractivity contribution in [3.05, 3.63) is 77.4 Å². The van der Waals surface area contributed by atoms with Crippen molar-refractivity contribution in [2.24, 2.45) is 0 Å². The Hall–Kier alpha value is -3.28. The summed E-state index contributed by atoms with van der Waals surface area (Å²) in [5.74, 6) is 2.80. The van der Waals surface area contributed by atoms with Crippen LogP contribution in [0.4, 0.5) is 4.79 Å². The Labute approximate surface area is 272 Å². The Morgan fingerprint density at radius 1 is 0.622 bits per heavy atom. The van der Waals surface area contributed by atoms with Gasteiger partial charge in [-0.25, -0.2) is 4.79 Å². The molecule has 0 aliphatic carbocycles. The summed E-state index contributed by atoms with van der Waals surface area (Å²) in [7, 11) is 1.24. The lowest BCUT2D eigenvalue weighted by atomic mass is 9.87. The van der Waals surface area contributed by atoms with Crippen LogP contribution in [-0.4, -0.2) is 44.1 Å². The van der Waals surface area contributed by atoms with Gasteiger partial charge in [-0.2, -0.15) is 0 Å². The van der Waals surface area contributed by atoms with Crippen molar-refractivity contribution >= 4 is 22.8 Å². The van der Waals surface area contributed by atoms with E-state index in [9.17, 15) is 4.79 Å². The van der Waals surface area contributed by atoms with Gasteiger partial charge >= 0.3 is 6.16 Å². The molecule has 0 saturated heterocycles. The fourth-order valence-electron chi connectivity index (χ4n) is 5.50. The third-order valence-electron chi connectivity index (χ3n) is 7.83. The highest BCUT2D eigenvalue weighted by Crippen LogP contribution is 2.32. The molecule has 0 N–H and O–H groups in total. The summed E-state index contributed by atoms with van der Waals surface area (Å²) in [4.78, 5) is 12.5. The number of rotatable bonds is 15. The molecule has 0 aliphatic rings.